The first-order chi connectivity index (χ1) is 9.57. The molecule has 5 heteroatoms. The predicted molar refractivity (Wildman–Crippen MR) is 71.0 cm³/mol. The van der Waals surface area contributed by atoms with Crippen LogP contribution >= 0.6 is 0 Å². The molecule has 0 saturated heterocycles. The predicted octanol–water partition coefficient (Wildman–Crippen LogP) is 1.51. The minimum atomic E-state index is -1.39. The third-order valence-electron chi connectivity index (χ3n) is 4.05. The summed E-state index contributed by atoms with van der Waals surface area (Å²) in [5, 5.41) is 9.86. The molecule has 0 spiro atoms. The third-order valence-corrected chi connectivity index (χ3v) is 4.05. The molecule has 0 radical (unpaired) electrons. The van der Waals surface area contributed by atoms with E-state index in [2.05, 4.69) is 0 Å². The topological polar surface area (TPSA) is 66.8 Å². The van der Waals surface area contributed by atoms with Gasteiger partial charge in [0.25, 0.3) is 0 Å². The van der Waals surface area contributed by atoms with Gasteiger partial charge in [0.1, 0.15) is 0 Å². The summed E-state index contributed by atoms with van der Waals surface area (Å²) in [7, 11) is 0. The van der Waals surface area contributed by atoms with Gasteiger partial charge in [-0.15, -0.1) is 0 Å². The number of amides is 1. The minimum Gasteiger partial charge on any atom is -0.479 e. The highest BCUT2D eigenvalue weighted by Gasteiger charge is 2.55. The number of ether oxygens (including phenoxy) is 1. The van der Waals surface area contributed by atoms with Crippen LogP contribution in [0.5, 0.6) is 0 Å². The Kier molecular flexibility index (Phi) is 3.01. The van der Waals surface area contributed by atoms with Gasteiger partial charge in [-0.25, -0.2) is 4.79 Å². The maximum absolute atomic E-state index is 12.1. The minimum absolute atomic E-state index is 0.00935. The Morgan fingerprint density at radius 1 is 1.35 bits per heavy atom. The molecule has 1 amide bonds. The zero-order valence-electron chi connectivity index (χ0n) is 11.3. The van der Waals surface area contributed by atoms with Crippen molar-refractivity contribution in [1.82, 2.24) is 4.90 Å². The molecule has 0 bridgehead atoms. The number of carboxylic acid groups (broad SMARTS) is 1. The normalized spacial score (nSPS) is 24.9. The van der Waals surface area contributed by atoms with Gasteiger partial charge >= 0.3 is 5.97 Å². The van der Waals surface area contributed by atoms with Crippen molar-refractivity contribution in [3.05, 3.63) is 35.4 Å². The van der Waals surface area contributed by atoms with Crippen LogP contribution in [0.1, 0.15) is 30.9 Å². The summed E-state index contributed by atoms with van der Waals surface area (Å²) in [4.78, 5) is 25.6. The van der Waals surface area contributed by atoms with Gasteiger partial charge in [-0.3, -0.25) is 4.79 Å². The van der Waals surface area contributed by atoms with Crippen molar-refractivity contribution in [3.63, 3.8) is 0 Å². The SMILES string of the molecule is CC(=O)N(C1CC1)C1(C(=O)O)COCc2ccccc21. The molecule has 1 N–H and O–H groups in total. The molecule has 5 nitrogen and oxygen atoms in total. The Bertz CT molecular complexity index is 567. The van der Waals surface area contributed by atoms with Crippen molar-refractivity contribution in [2.45, 2.75) is 38.0 Å². The molecule has 1 aromatic rings. The molecule has 0 aromatic heterocycles. The zero-order chi connectivity index (χ0) is 14.3. The van der Waals surface area contributed by atoms with Crippen LogP contribution in [-0.2, 0) is 26.5 Å². The fourth-order valence-corrected chi connectivity index (χ4v) is 3.09. The van der Waals surface area contributed by atoms with Gasteiger partial charge in [0, 0.05) is 13.0 Å². The highest BCUT2D eigenvalue weighted by molar-refractivity contribution is 5.88. The molecular weight excluding hydrogens is 258 g/mol. The molecule has 3 rings (SSSR count). The van der Waals surface area contributed by atoms with Crippen molar-refractivity contribution < 1.29 is 19.4 Å². The Morgan fingerprint density at radius 3 is 2.65 bits per heavy atom. The van der Waals surface area contributed by atoms with E-state index in [1.807, 2.05) is 18.2 Å². The quantitative estimate of drug-likeness (QED) is 0.908. The standard InChI is InChI=1S/C15H17NO4/c1-10(17)16(12-6-7-12)15(14(18)19)9-20-8-11-4-2-3-5-13(11)15/h2-5,12H,6-9H2,1H3,(H,18,19). The summed E-state index contributed by atoms with van der Waals surface area (Å²) in [6.07, 6.45) is 1.72. The van der Waals surface area contributed by atoms with Crippen LogP contribution in [0.15, 0.2) is 24.3 Å². The van der Waals surface area contributed by atoms with Crippen molar-refractivity contribution in [2.75, 3.05) is 6.61 Å². The number of carbonyl (C=O) groups excluding carboxylic acids is 1. The van der Waals surface area contributed by atoms with Gasteiger partial charge in [0.05, 0.1) is 13.2 Å². The first kappa shape index (κ1) is 13.1. The van der Waals surface area contributed by atoms with E-state index in [4.69, 9.17) is 4.74 Å². The van der Waals surface area contributed by atoms with Gasteiger partial charge < -0.3 is 14.7 Å². The van der Waals surface area contributed by atoms with Crippen LogP contribution in [0.25, 0.3) is 0 Å². The van der Waals surface area contributed by atoms with E-state index < -0.39 is 11.5 Å². The molecule has 1 aliphatic carbocycles. The summed E-state index contributed by atoms with van der Waals surface area (Å²) in [5.41, 5.74) is 0.135. The second-order valence-corrected chi connectivity index (χ2v) is 5.44. The average molecular weight is 275 g/mol. The summed E-state index contributed by atoms with van der Waals surface area (Å²) in [6.45, 7) is 1.83. The Morgan fingerprint density at radius 2 is 2.05 bits per heavy atom. The largest absolute Gasteiger partial charge is 0.479 e. The lowest BCUT2D eigenvalue weighted by atomic mass is 9.83. The lowest BCUT2D eigenvalue weighted by Crippen LogP contribution is -2.59. The molecular formula is C15H17NO4. The van der Waals surface area contributed by atoms with Crippen molar-refractivity contribution in [1.29, 1.82) is 0 Å². The van der Waals surface area contributed by atoms with Crippen molar-refractivity contribution in [2.24, 2.45) is 0 Å². The number of carboxylic acids is 1. The second-order valence-electron chi connectivity index (χ2n) is 5.44. The van der Waals surface area contributed by atoms with E-state index in [1.165, 1.54) is 11.8 Å². The molecule has 1 saturated carbocycles. The van der Waals surface area contributed by atoms with Crippen LogP contribution < -0.4 is 0 Å². The van der Waals surface area contributed by atoms with Gasteiger partial charge in [-0.05, 0) is 24.0 Å². The van der Waals surface area contributed by atoms with E-state index in [0.29, 0.717) is 12.2 Å². The second kappa shape index (κ2) is 4.59. The maximum Gasteiger partial charge on any atom is 0.336 e. The number of nitrogens with zero attached hydrogens (tertiary/aromatic N) is 1. The molecule has 2 aliphatic rings. The Labute approximate surface area is 117 Å². The zero-order valence-corrected chi connectivity index (χ0v) is 11.3. The Hall–Kier alpha value is -1.88. The number of benzene rings is 1. The van der Waals surface area contributed by atoms with Crippen LogP contribution in [-0.4, -0.2) is 34.5 Å². The summed E-state index contributed by atoms with van der Waals surface area (Å²) >= 11 is 0. The summed E-state index contributed by atoms with van der Waals surface area (Å²) in [5.74, 6) is -1.23. The number of hydrogen-bond acceptors (Lipinski definition) is 3. The van der Waals surface area contributed by atoms with E-state index >= 15 is 0 Å². The van der Waals surface area contributed by atoms with Gasteiger partial charge in [0.15, 0.2) is 5.54 Å². The molecule has 106 valence electrons. The lowest BCUT2D eigenvalue weighted by molar-refractivity contribution is -0.168. The van der Waals surface area contributed by atoms with Crippen molar-refractivity contribution in [3.8, 4) is 0 Å². The Balaban J connectivity index is 2.18. The molecule has 1 heterocycles. The molecule has 20 heavy (non-hydrogen) atoms. The van der Waals surface area contributed by atoms with Gasteiger partial charge in [-0.2, -0.15) is 0 Å². The van der Waals surface area contributed by atoms with E-state index in [-0.39, 0.29) is 18.6 Å². The van der Waals surface area contributed by atoms with E-state index in [9.17, 15) is 14.7 Å². The fraction of sp³-hybridized carbons (Fsp3) is 0.467. The third kappa shape index (κ3) is 1.81. The smallest absolute Gasteiger partial charge is 0.336 e. The number of fused-ring (bicyclic) bond motifs is 1. The number of carbonyl (C=O) groups is 2. The van der Waals surface area contributed by atoms with E-state index in [1.54, 1.807) is 6.07 Å². The highest BCUT2D eigenvalue weighted by atomic mass is 16.5. The fourth-order valence-electron chi connectivity index (χ4n) is 3.09. The summed E-state index contributed by atoms with van der Waals surface area (Å²) in [6, 6.07) is 7.34. The molecule has 1 unspecified atom stereocenters. The number of aliphatic carboxylic acids is 1. The maximum atomic E-state index is 12.1. The number of rotatable bonds is 3. The monoisotopic (exact) mass is 275 g/mol. The van der Waals surface area contributed by atoms with Crippen LogP contribution in [0.4, 0.5) is 0 Å². The van der Waals surface area contributed by atoms with Crippen LogP contribution in [0.3, 0.4) is 0 Å². The van der Waals surface area contributed by atoms with E-state index in [0.717, 1.165) is 18.4 Å². The molecule has 1 aromatic carbocycles. The summed E-state index contributed by atoms with van der Waals surface area (Å²) < 4.78 is 5.51. The lowest BCUT2D eigenvalue weighted by Gasteiger charge is -2.43. The van der Waals surface area contributed by atoms with Gasteiger partial charge in [-0.1, -0.05) is 24.3 Å². The van der Waals surface area contributed by atoms with Crippen molar-refractivity contribution >= 4 is 11.9 Å². The first-order valence-corrected chi connectivity index (χ1v) is 6.77. The molecule has 1 aliphatic heterocycles. The average Bonchev–Trinajstić information content (AvgIpc) is 3.23. The molecule has 1 atom stereocenters. The number of hydrogen-bond donors (Lipinski definition) is 1. The van der Waals surface area contributed by atoms with Crippen LogP contribution in [0.2, 0.25) is 0 Å². The van der Waals surface area contributed by atoms with Gasteiger partial charge in [0.2, 0.25) is 5.91 Å². The highest BCUT2D eigenvalue weighted by Crippen LogP contribution is 2.42. The first-order valence-electron chi connectivity index (χ1n) is 6.77. The molecule has 1 fully saturated rings. The van der Waals surface area contributed by atoms with Crippen LogP contribution in [0, 0.1) is 0 Å².